The first-order valence-electron chi connectivity index (χ1n) is 8.60. The molecule has 130 valence electrons. The molecule has 0 N–H and O–H groups in total. The van der Waals surface area contributed by atoms with Crippen molar-refractivity contribution in [3.05, 3.63) is 70.9 Å². The van der Waals surface area contributed by atoms with Gasteiger partial charge in [-0.15, -0.1) is 6.42 Å². The fourth-order valence-electron chi connectivity index (χ4n) is 3.64. The zero-order valence-corrected chi connectivity index (χ0v) is 15.3. The number of hydrogen-bond donors (Lipinski definition) is 0. The van der Waals surface area contributed by atoms with Crippen LogP contribution >= 0.6 is 0 Å². The average Bonchev–Trinajstić information content (AvgIpc) is 3.02. The fraction of sp³-hybridized carbons (Fsp3) is 0.273. The number of aliphatic imine (C=N–C) groups is 1. The molecule has 1 aliphatic rings. The van der Waals surface area contributed by atoms with Gasteiger partial charge in [-0.2, -0.15) is 0 Å². The van der Waals surface area contributed by atoms with Crippen molar-refractivity contribution in [3.63, 3.8) is 0 Å². The summed E-state index contributed by atoms with van der Waals surface area (Å²) in [6.07, 6.45) is 9.27. The second kappa shape index (κ2) is 5.28. The van der Waals surface area contributed by atoms with Crippen LogP contribution in [0.25, 0.3) is 5.65 Å². The predicted octanol–water partition coefficient (Wildman–Crippen LogP) is 4.36. The smallest absolute Gasteiger partial charge is 0.153 e. The number of hydrogen-bond acceptors (Lipinski definition) is 2. The lowest BCUT2D eigenvalue weighted by atomic mass is 9.65. The summed E-state index contributed by atoms with van der Waals surface area (Å²) in [5.74, 6) is 2.46. The first-order chi connectivity index (χ1) is 12.3. The van der Waals surface area contributed by atoms with Crippen LogP contribution in [-0.4, -0.2) is 20.6 Å². The molecular weight excluding hydrogens is 325 g/mol. The Hall–Kier alpha value is -2.93. The van der Waals surface area contributed by atoms with Crippen LogP contribution in [0.15, 0.2) is 47.7 Å². The first kappa shape index (κ1) is 16.5. The van der Waals surface area contributed by atoms with Gasteiger partial charge in [0.1, 0.15) is 5.82 Å². The minimum Gasteiger partial charge on any atom is -0.297 e. The molecule has 0 amide bonds. The second-order valence-electron chi connectivity index (χ2n) is 7.71. The van der Waals surface area contributed by atoms with Crippen LogP contribution in [0.5, 0.6) is 0 Å². The molecule has 0 fully saturated rings. The maximum atomic E-state index is 14.9. The number of imidazole rings is 1. The Morgan fingerprint density at radius 1 is 1.12 bits per heavy atom. The van der Waals surface area contributed by atoms with E-state index in [1.54, 1.807) is 12.3 Å². The number of pyridine rings is 1. The minimum absolute atomic E-state index is 0.203. The molecule has 0 unspecified atom stereocenters. The van der Waals surface area contributed by atoms with Crippen molar-refractivity contribution in [3.8, 4) is 12.3 Å². The third-order valence-corrected chi connectivity index (χ3v) is 5.75. The second-order valence-corrected chi connectivity index (χ2v) is 7.71. The molecule has 3 heterocycles. The van der Waals surface area contributed by atoms with E-state index in [0.29, 0.717) is 16.8 Å². The highest BCUT2D eigenvalue weighted by Crippen LogP contribution is 2.45. The van der Waals surface area contributed by atoms with Crippen LogP contribution in [0.1, 0.15) is 50.1 Å². The molecule has 1 aromatic carbocycles. The lowest BCUT2D eigenvalue weighted by Crippen LogP contribution is -2.47. The molecule has 0 saturated heterocycles. The molecule has 0 spiro atoms. The van der Waals surface area contributed by atoms with Gasteiger partial charge in [0.15, 0.2) is 5.65 Å². The van der Waals surface area contributed by atoms with Crippen molar-refractivity contribution in [2.45, 2.75) is 38.6 Å². The summed E-state index contributed by atoms with van der Waals surface area (Å²) in [6.45, 7) is 8.16. The zero-order valence-electron chi connectivity index (χ0n) is 15.3. The summed E-state index contributed by atoms with van der Waals surface area (Å²) in [5, 5.41) is 0. The van der Waals surface area contributed by atoms with Crippen molar-refractivity contribution < 1.29 is 4.39 Å². The molecule has 0 saturated carbocycles. The van der Waals surface area contributed by atoms with Gasteiger partial charge >= 0.3 is 0 Å². The normalized spacial score (nSPS) is 17.5. The molecule has 26 heavy (non-hydrogen) atoms. The van der Waals surface area contributed by atoms with Crippen LogP contribution in [0.4, 0.5) is 4.39 Å². The SMILES string of the molecule is C#Cc1cccn2c(C3=NC(C)(C)C(C)(C)c4c(F)cccc43)cnc12. The summed E-state index contributed by atoms with van der Waals surface area (Å²) in [4.78, 5) is 9.52. The summed E-state index contributed by atoms with van der Waals surface area (Å²) in [5.41, 5.74) is 3.55. The standard InChI is InChI=1S/C22H20FN3/c1-6-14-9-8-12-26-17(13-24-20(14)26)19-15-10-7-11-16(23)18(15)21(2,3)22(4,5)25-19/h1,7-13H,2-5H3. The summed E-state index contributed by atoms with van der Waals surface area (Å²) < 4.78 is 16.8. The summed E-state index contributed by atoms with van der Waals surface area (Å²) in [7, 11) is 0. The van der Waals surface area contributed by atoms with Gasteiger partial charge in [-0.25, -0.2) is 9.37 Å². The van der Waals surface area contributed by atoms with Gasteiger partial charge in [-0.3, -0.25) is 9.39 Å². The molecule has 2 aromatic heterocycles. The number of rotatable bonds is 1. The van der Waals surface area contributed by atoms with Crippen LogP contribution in [-0.2, 0) is 5.41 Å². The number of benzene rings is 1. The van der Waals surface area contributed by atoms with Crippen LogP contribution < -0.4 is 0 Å². The molecule has 3 nitrogen and oxygen atoms in total. The number of fused-ring (bicyclic) bond motifs is 2. The van der Waals surface area contributed by atoms with Gasteiger partial charge in [0, 0.05) is 22.7 Å². The maximum absolute atomic E-state index is 14.9. The van der Waals surface area contributed by atoms with Gasteiger partial charge in [0.2, 0.25) is 0 Å². The monoisotopic (exact) mass is 345 g/mol. The van der Waals surface area contributed by atoms with E-state index in [9.17, 15) is 4.39 Å². The first-order valence-corrected chi connectivity index (χ1v) is 8.60. The highest BCUT2D eigenvalue weighted by atomic mass is 19.1. The lowest BCUT2D eigenvalue weighted by Gasteiger charge is -2.44. The van der Waals surface area contributed by atoms with Crippen LogP contribution in [0, 0.1) is 18.2 Å². The quantitative estimate of drug-likeness (QED) is 0.603. The molecule has 1 aliphatic heterocycles. The van der Waals surface area contributed by atoms with Crippen molar-refractivity contribution in [1.29, 1.82) is 0 Å². The van der Waals surface area contributed by atoms with Gasteiger partial charge in [0.05, 0.1) is 28.7 Å². The third kappa shape index (κ3) is 2.07. The van der Waals surface area contributed by atoms with Crippen LogP contribution in [0.3, 0.4) is 0 Å². The minimum atomic E-state index is -0.481. The van der Waals surface area contributed by atoms with E-state index in [1.807, 2.05) is 56.5 Å². The molecule has 4 heteroatoms. The zero-order chi connectivity index (χ0) is 18.7. The summed E-state index contributed by atoms with van der Waals surface area (Å²) in [6, 6.07) is 8.92. The number of aromatic nitrogens is 2. The van der Waals surface area contributed by atoms with E-state index < -0.39 is 11.0 Å². The largest absolute Gasteiger partial charge is 0.297 e. The number of terminal acetylenes is 1. The van der Waals surface area contributed by atoms with Crippen LogP contribution in [0.2, 0.25) is 0 Å². The van der Waals surface area contributed by atoms with E-state index in [0.717, 1.165) is 17.0 Å². The highest BCUT2D eigenvalue weighted by molar-refractivity contribution is 6.14. The predicted molar refractivity (Wildman–Crippen MR) is 102 cm³/mol. The van der Waals surface area contributed by atoms with Gasteiger partial charge in [-0.05, 0) is 32.0 Å². The average molecular weight is 345 g/mol. The Balaban J connectivity index is 2.07. The third-order valence-electron chi connectivity index (χ3n) is 5.75. The Morgan fingerprint density at radius 2 is 1.88 bits per heavy atom. The van der Waals surface area contributed by atoms with E-state index in [2.05, 4.69) is 10.9 Å². The highest BCUT2D eigenvalue weighted by Gasteiger charge is 2.45. The Bertz CT molecular complexity index is 1110. The maximum Gasteiger partial charge on any atom is 0.153 e. The number of halogens is 1. The van der Waals surface area contributed by atoms with Gasteiger partial charge < -0.3 is 0 Å². The van der Waals surface area contributed by atoms with E-state index in [4.69, 9.17) is 11.4 Å². The van der Waals surface area contributed by atoms with Crippen molar-refractivity contribution in [1.82, 2.24) is 9.38 Å². The van der Waals surface area contributed by atoms with Gasteiger partial charge in [-0.1, -0.05) is 31.9 Å². The molecular formula is C22H20FN3. The van der Waals surface area contributed by atoms with E-state index >= 15 is 0 Å². The molecule has 0 radical (unpaired) electrons. The Kier molecular flexibility index (Phi) is 3.36. The lowest BCUT2D eigenvalue weighted by molar-refractivity contribution is 0.293. The molecule has 0 aliphatic carbocycles. The van der Waals surface area contributed by atoms with E-state index in [-0.39, 0.29) is 5.82 Å². The molecule has 4 rings (SSSR count). The molecule has 0 bridgehead atoms. The Morgan fingerprint density at radius 3 is 2.62 bits per heavy atom. The summed E-state index contributed by atoms with van der Waals surface area (Å²) >= 11 is 0. The van der Waals surface area contributed by atoms with E-state index in [1.165, 1.54) is 6.07 Å². The molecule has 0 atom stereocenters. The molecule has 3 aromatic rings. The Labute approximate surface area is 152 Å². The van der Waals surface area contributed by atoms with Crippen molar-refractivity contribution in [2.24, 2.45) is 4.99 Å². The van der Waals surface area contributed by atoms with Crippen molar-refractivity contribution >= 4 is 11.4 Å². The van der Waals surface area contributed by atoms with Crippen molar-refractivity contribution in [2.75, 3.05) is 0 Å². The number of nitrogens with zero attached hydrogens (tertiary/aromatic N) is 3. The topological polar surface area (TPSA) is 29.7 Å². The van der Waals surface area contributed by atoms with Gasteiger partial charge in [0.25, 0.3) is 0 Å². The fourth-order valence-corrected chi connectivity index (χ4v) is 3.64.